The Balaban J connectivity index is 1.74. The second-order valence-electron chi connectivity index (χ2n) is 6.31. The molecule has 2 aliphatic rings. The summed E-state index contributed by atoms with van der Waals surface area (Å²) in [6.07, 6.45) is 1.19. The van der Waals surface area contributed by atoms with Crippen molar-refractivity contribution in [1.82, 2.24) is 9.80 Å². The number of morpholine rings is 1. The number of hydrogen-bond acceptors (Lipinski definition) is 3. The lowest BCUT2D eigenvalue weighted by molar-refractivity contribution is 0.0147. The van der Waals surface area contributed by atoms with Crippen LogP contribution in [0.4, 0.5) is 0 Å². The van der Waals surface area contributed by atoms with Crippen LogP contribution in [-0.4, -0.2) is 54.7 Å². The molecule has 1 saturated heterocycles. The van der Waals surface area contributed by atoms with Crippen LogP contribution in [0.3, 0.4) is 0 Å². The fraction of sp³-hybridized carbons (Fsp3) is 0.647. The van der Waals surface area contributed by atoms with E-state index in [4.69, 9.17) is 4.74 Å². The molecule has 0 amide bonds. The van der Waals surface area contributed by atoms with Crippen LogP contribution in [0.25, 0.3) is 0 Å². The van der Waals surface area contributed by atoms with Gasteiger partial charge in [-0.3, -0.25) is 9.80 Å². The zero-order valence-electron chi connectivity index (χ0n) is 12.7. The number of hydrogen-bond donors (Lipinski definition) is 0. The fourth-order valence-corrected chi connectivity index (χ4v) is 3.46. The number of nitrogens with zero attached hydrogens (tertiary/aromatic N) is 2. The van der Waals surface area contributed by atoms with Gasteiger partial charge in [-0.25, -0.2) is 0 Å². The van der Waals surface area contributed by atoms with Crippen LogP contribution >= 0.6 is 0 Å². The second-order valence-corrected chi connectivity index (χ2v) is 6.31. The van der Waals surface area contributed by atoms with Crippen molar-refractivity contribution in [3.05, 3.63) is 35.4 Å². The van der Waals surface area contributed by atoms with E-state index in [1.165, 1.54) is 18.5 Å². The predicted molar refractivity (Wildman–Crippen MR) is 81.9 cm³/mol. The fourth-order valence-electron chi connectivity index (χ4n) is 3.46. The van der Waals surface area contributed by atoms with Crippen LogP contribution in [0.15, 0.2) is 24.3 Å². The Bertz CT molecular complexity index is 440. The molecule has 3 heteroatoms. The molecule has 1 aromatic rings. The van der Waals surface area contributed by atoms with E-state index in [2.05, 4.69) is 47.9 Å². The lowest BCUT2D eigenvalue weighted by Crippen LogP contribution is -2.52. The Morgan fingerprint density at radius 3 is 2.55 bits per heavy atom. The highest BCUT2D eigenvalue weighted by molar-refractivity contribution is 5.30. The summed E-state index contributed by atoms with van der Waals surface area (Å²) >= 11 is 0. The first kappa shape index (κ1) is 14.1. The molecule has 0 bridgehead atoms. The van der Waals surface area contributed by atoms with E-state index in [1.54, 1.807) is 5.56 Å². The van der Waals surface area contributed by atoms with Crippen molar-refractivity contribution in [2.24, 2.45) is 0 Å². The molecule has 110 valence electrons. The molecule has 2 heterocycles. The van der Waals surface area contributed by atoms with Gasteiger partial charge in [-0.1, -0.05) is 24.3 Å². The third-order valence-corrected chi connectivity index (χ3v) is 4.63. The minimum Gasteiger partial charge on any atom is -0.379 e. The van der Waals surface area contributed by atoms with Gasteiger partial charge in [0.15, 0.2) is 0 Å². The van der Waals surface area contributed by atoms with Crippen molar-refractivity contribution in [3.63, 3.8) is 0 Å². The molecule has 3 nitrogen and oxygen atoms in total. The minimum atomic E-state index is 0.606. The van der Waals surface area contributed by atoms with Crippen molar-refractivity contribution in [2.45, 2.75) is 38.9 Å². The Hall–Kier alpha value is -0.900. The lowest BCUT2D eigenvalue weighted by Gasteiger charge is -2.42. The molecule has 0 radical (unpaired) electrons. The summed E-state index contributed by atoms with van der Waals surface area (Å²) in [5, 5.41) is 0. The maximum Gasteiger partial charge on any atom is 0.0594 e. The van der Waals surface area contributed by atoms with Crippen LogP contribution in [0.1, 0.15) is 25.0 Å². The van der Waals surface area contributed by atoms with E-state index in [1.807, 2.05) is 0 Å². The van der Waals surface area contributed by atoms with Gasteiger partial charge in [0.25, 0.3) is 0 Å². The summed E-state index contributed by atoms with van der Waals surface area (Å²) < 4.78 is 5.46. The quantitative estimate of drug-likeness (QED) is 0.840. The van der Waals surface area contributed by atoms with Crippen LogP contribution in [0.5, 0.6) is 0 Å². The van der Waals surface area contributed by atoms with Crippen molar-refractivity contribution in [3.8, 4) is 0 Å². The summed E-state index contributed by atoms with van der Waals surface area (Å²) in [6, 6.07) is 10.2. The Labute approximate surface area is 122 Å². The lowest BCUT2D eigenvalue weighted by atomic mass is 9.92. The van der Waals surface area contributed by atoms with Gasteiger partial charge in [0, 0.05) is 38.3 Å². The van der Waals surface area contributed by atoms with Gasteiger partial charge in [0.05, 0.1) is 13.2 Å². The number of fused-ring (bicyclic) bond motifs is 1. The molecule has 1 aromatic carbocycles. The Morgan fingerprint density at radius 2 is 1.85 bits per heavy atom. The van der Waals surface area contributed by atoms with Crippen molar-refractivity contribution in [1.29, 1.82) is 0 Å². The largest absolute Gasteiger partial charge is 0.379 e. The maximum absolute atomic E-state index is 5.46. The summed E-state index contributed by atoms with van der Waals surface area (Å²) in [5.41, 5.74) is 3.06. The molecule has 20 heavy (non-hydrogen) atoms. The van der Waals surface area contributed by atoms with E-state index >= 15 is 0 Å². The molecule has 0 saturated carbocycles. The summed E-state index contributed by atoms with van der Waals surface area (Å²) in [7, 11) is 0. The van der Waals surface area contributed by atoms with Gasteiger partial charge in [-0.05, 0) is 31.4 Å². The number of rotatable bonds is 3. The van der Waals surface area contributed by atoms with Gasteiger partial charge in [0.2, 0.25) is 0 Å². The zero-order valence-corrected chi connectivity index (χ0v) is 12.7. The third-order valence-electron chi connectivity index (χ3n) is 4.63. The molecular weight excluding hydrogens is 248 g/mol. The molecule has 0 N–H and O–H groups in total. The van der Waals surface area contributed by atoms with E-state index in [0.29, 0.717) is 12.1 Å². The van der Waals surface area contributed by atoms with Crippen molar-refractivity contribution in [2.75, 3.05) is 32.8 Å². The van der Waals surface area contributed by atoms with Gasteiger partial charge < -0.3 is 4.74 Å². The molecule has 3 rings (SSSR count). The maximum atomic E-state index is 5.46. The van der Waals surface area contributed by atoms with Gasteiger partial charge >= 0.3 is 0 Å². The first-order valence-electron chi connectivity index (χ1n) is 7.86. The molecule has 1 fully saturated rings. The smallest absolute Gasteiger partial charge is 0.0594 e. The summed E-state index contributed by atoms with van der Waals surface area (Å²) in [5.74, 6) is 0. The minimum absolute atomic E-state index is 0.606. The molecular formula is C17H26N2O. The molecule has 0 aliphatic carbocycles. The molecule has 0 spiro atoms. The topological polar surface area (TPSA) is 15.7 Å². The zero-order chi connectivity index (χ0) is 13.9. The SMILES string of the molecule is CC(C)N1Cc2ccccc2C[C@H]1CN1CCOCC1. The Kier molecular flexibility index (Phi) is 4.39. The van der Waals surface area contributed by atoms with Crippen molar-refractivity contribution >= 4 is 0 Å². The van der Waals surface area contributed by atoms with Crippen LogP contribution < -0.4 is 0 Å². The highest BCUT2D eigenvalue weighted by atomic mass is 16.5. The van der Waals surface area contributed by atoms with E-state index in [0.717, 1.165) is 32.8 Å². The molecule has 0 unspecified atom stereocenters. The molecule has 2 aliphatic heterocycles. The van der Waals surface area contributed by atoms with Gasteiger partial charge in [0.1, 0.15) is 0 Å². The standard InChI is InChI=1S/C17H26N2O/c1-14(2)19-12-16-6-4-3-5-15(16)11-17(19)13-18-7-9-20-10-8-18/h3-6,14,17H,7-13H2,1-2H3/t17-/m0/s1. The Morgan fingerprint density at radius 1 is 1.15 bits per heavy atom. The first-order valence-corrected chi connectivity index (χ1v) is 7.86. The summed E-state index contributed by atoms with van der Waals surface area (Å²) in [6.45, 7) is 10.9. The van der Waals surface area contributed by atoms with Crippen LogP contribution in [0, 0.1) is 0 Å². The average molecular weight is 274 g/mol. The first-order chi connectivity index (χ1) is 9.74. The van der Waals surface area contributed by atoms with E-state index in [9.17, 15) is 0 Å². The predicted octanol–water partition coefficient (Wildman–Crippen LogP) is 2.15. The van der Waals surface area contributed by atoms with Crippen LogP contribution in [-0.2, 0) is 17.7 Å². The van der Waals surface area contributed by atoms with Gasteiger partial charge in [-0.2, -0.15) is 0 Å². The van der Waals surface area contributed by atoms with Gasteiger partial charge in [-0.15, -0.1) is 0 Å². The highest BCUT2D eigenvalue weighted by Gasteiger charge is 2.29. The average Bonchev–Trinajstić information content (AvgIpc) is 2.47. The number of benzene rings is 1. The van der Waals surface area contributed by atoms with Crippen molar-refractivity contribution < 1.29 is 4.74 Å². The van der Waals surface area contributed by atoms with E-state index in [-0.39, 0.29) is 0 Å². The normalized spacial score (nSPS) is 24.9. The third kappa shape index (κ3) is 3.05. The molecule has 0 aromatic heterocycles. The summed E-state index contributed by atoms with van der Waals surface area (Å²) in [4.78, 5) is 5.23. The molecule has 1 atom stereocenters. The van der Waals surface area contributed by atoms with E-state index < -0.39 is 0 Å². The highest BCUT2D eigenvalue weighted by Crippen LogP contribution is 2.25. The monoisotopic (exact) mass is 274 g/mol. The van der Waals surface area contributed by atoms with Crippen LogP contribution in [0.2, 0.25) is 0 Å². The number of ether oxygens (including phenoxy) is 1. The second kappa shape index (κ2) is 6.25.